The van der Waals surface area contributed by atoms with Gasteiger partial charge in [0.2, 0.25) is 5.91 Å². The van der Waals surface area contributed by atoms with Crippen molar-refractivity contribution in [2.24, 2.45) is 0 Å². The molecule has 1 aliphatic rings. The first-order valence-electron chi connectivity index (χ1n) is 7.34. The quantitative estimate of drug-likeness (QED) is 0.854. The number of nitrogens with zero attached hydrogens (tertiary/aromatic N) is 1. The average molecular weight is 348 g/mol. The van der Waals surface area contributed by atoms with E-state index in [1.807, 2.05) is 0 Å². The molecule has 2 aromatic heterocycles. The smallest absolute Gasteiger partial charge is 0.340 e. The van der Waals surface area contributed by atoms with Crippen LogP contribution in [0.2, 0.25) is 0 Å². The average Bonchev–Trinajstić information content (AvgIpc) is 3.28. The summed E-state index contributed by atoms with van der Waals surface area (Å²) in [6.45, 7) is 2.17. The van der Waals surface area contributed by atoms with Gasteiger partial charge in [-0.1, -0.05) is 0 Å². The molecule has 0 radical (unpaired) electrons. The topological polar surface area (TPSA) is 88.8 Å². The van der Waals surface area contributed by atoms with Crippen molar-refractivity contribution in [2.45, 2.75) is 19.4 Å². The number of furan rings is 1. The van der Waals surface area contributed by atoms with E-state index >= 15 is 0 Å². The fourth-order valence-corrected chi connectivity index (χ4v) is 3.52. The number of hydrogen-bond donors (Lipinski definition) is 1. The van der Waals surface area contributed by atoms with Gasteiger partial charge in [0.15, 0.2) is 0 Å². The predicted octanol–water partition coefficient (Wildman–Crippen LogP) is 1.97. The van der Waals surface area contributed by atoms with Crippen LogP contribution in [0.15, 0.2) is 28.2 Å². The molecule has 1 saturated heterocycles. The summed E-state index contributed by atoms with van der Waals surface area (Å²) in [6, 6.07) is 2.61. The molecule has 24 heavy (non-hydrogen) atoms. The zero-order chi connectivity index (χ0) is 17.3. The molecular weight excluding hydrogens is 332 g/mol. The van der Waals surface area contributed by atoms with E-state index < -0.39 is 12.0 Å². The van der Waals surface area contributed by atoms with Gasteiger partial charge in [0.05, 0.1) is 18.2 Å². The third-order valence-electron chi connectivity index (χ3n) is 3.80. The number of aryl methyl sites for hydroxylation is 1. The minimum Gasteiger partial charge on any atom is -0.469 e. The van der Waals surface area contributed by atoms with Gasteiger partial charge in [-0.05, 0) is 30.9 Å². The lowest BCUT2D eigenvalue weighted by molar-refractivity contribution is -0.118. The van der Waals surface area contributed by atoms with Crippen LogP contribution >= 0.6 is 11.3 Å². The van der Waals surface area contributed by atoms with Crippen LogP contribution in [0.25, 0.3) is 0 Å². The Kier molecular flexibility index (Phi) is 4.39. The van der Waals surface area contributed by atoms with Crippen LogP contribution in [-0.4, -0.2) is 37.5 Å². The van der Waals surface area contributed by atoms with E-state index in [-0.39, 0.29) is 11.8 Å². The van der Waals surface area contributed by atoms with Crippen molar-refractivity contribution in [3.05, 3.63) is 40.7 Å². The maximum Gasteiger partial charge on any atom is 0.340 e. The number of methoxy groups -OCH3 is 1. The lowest BCUT2D eigenvalue weighted by atomic mass is 10.2. The molecule has 7 nitrogen and oxygen atoms in total. The van der Waals surface area contributed by atoms with E-state index in [2.05, 4.69) is 5.32 Å². The first kappa shape index (κ1) is 16.3. The van der Waals surface area contributed by atoms with Crippen molar-refractivity contribution < 1.29 is 23.5 Å². The molecule has 8 heteroatoms. The van der Waals surface area contributed by atoms with Crippen molar-refractivity contribution in [1.29, 1.82) is 0 Å². The lowest BCUT2D eigenvalue weighted by Gasteiger charge is -2.16. The Hall–Kier alpha value is -2.61. The summed E-state index contributed by atoms with van der Waals surface area (Å²) in [5.74, 6) is -0.455. The second kappa shape index (κ2) is 6.48. The number of rotatable bonds is 4. The van der Waals surface area contributed by atoms with Crippen LogP contribution in [0.1, 0.15) is 32.9 Å². The molecule has 3 heterocycles. The lowest BCUT2D eigenvalue weighted by Crippen LogP contribution is -2.41. The Balaban J connectivity index is 1.73. The molecule has 3 rings (SSSR count). The van der Waals surface area contributed by atoms with Crippen molar-refractivity contribution in [3.63, 3.8) is 0 Å². The standard InChI is InChI=1S/C16H16N2O5S/c1-9-7-10(8-23-9)13(19)17-12-3-5-18(14(12)20)15-11(4-6-24-15)16(21)22-2/h4,6-8,12H,3,5H2,1-2H3,(H,17,19). The highest BCUT2D eigenvalue weighted by Gasteiger charge is 2.36. The van der Waals surface area contributed by atoms with Gasteiger partial charge in [-0.15, -0.1) is 11.3 Å². The van der Waals surface area contributed by atoms with Gasteiger partial charge >= 0.3 is 5.97 Å². The maximum absolute atomic E-state index is 12.6. The number of hydrogen-bond acceptors (Lipinski definition) is 6. The Morgan fingerprint density at radius 3 is 2.92 bits per heavy atom. The molecule has 1 fully saturated rings. The molecule has 0 spiro atoms. The number of carbonyl (C=O) groups excluding carboxylic acids is 3. The minimum atomic E-state index is -0.625. The monoisotopic (exact) mass is 348 g/mol. The second-order valence-corrected chi connectivity index (χ2v) is 6.28. The van der Waals surface area contributed by atoms with E-state index in [1.54, 1.807) is 24.4 Å². The molecule has 0 bridgehead atoms. The van der Waals surface area contributed by atoms with Gasteiger partial charge in [-0.25, -0.2) is 4.79 Å². The zero-order valence-corrected chi connectivity index (χ0v) is 14.0. The van der Waals surface area contributed by atoms with Gasteiger partial charge in [0.1, 0.15) is 23.1 Å². The Bertz CT molecular complexity index is 794. The predicted molar refractivity (Wildman–Crippen MR) is 87.3 cm³/mol. The first-order chi connectivity index (χ1) is 11.5. The molecule has 0 saturated carbocycles. The van der Waals surface area contributed by atoms with Crippen molar-refractivity contribution in [3.8, 4) is 0 Å². The molecule has 1 N–H and O–H groups in total. The second-order valence-electron chi connectivity index (χ2n) is 5.38. The van der Waals surface area contributed by atoms with Gasteiger partial charge < -0.3 is 19.4 Å². The largest absolute Gasteiger partial charge is 0.469 e. The number of ether oxygens (including phenoxy) is 1. The molecule has 1 unspecified atom stereocenters. The highest BCUT2D eigenvalue weighted by molar-refractivity contribution is 7.14. The number of thiophene rings is 1. The summed E-state index contributed by atoms with van der Waals surface area (Å²) >= 11 is 1.29. The molecule has 2 aromatic rings. The third-order valence-corrected chi connectivity index (χ3v) is 4.73. The van der Waals surface area contributed by atoms with Crippen LogP contribution in [0.5, 0.6) is 0 Å². The van der Waals surface area contributed by atoms with E-state index in [0.717, 1.165) is 0 Å². The van der Waals surface area contributed by atoms with E-state index in [4.69, 9.17) is 9.15 Å². The first-order valence-corrected chi connectivity index (χ1v) is 8.22. The highest BCUT2D eigenvalue weighted by Crippen LogP contribution is 2.31. The summed E-state index contributed by atoms with van der Waals surface area (Å²) in [7, 11) is 1.30. The van der Waals surface area contributed by atoms with Crippen LogP contribution in [-0.2, 0) is 9.53 Å². The molecule has 2 amide bonds. The highest BCUT2D eigenvalue weighted by atomic mass is 32.1. The minimum absolute atomic E-state index is 0.240. The molecule has 0 aliphatic carbocycles. The number of nitrogens with one attached hydrogen (secondary N) is 1. The van der Waals surface area contributed by atoms with Crippen LogP contribution in [0, 0.1) is 6.92 Å². The molecular formula is C16H16N2O5S. The number of anilines is 1. The van der Waals surface area contributed by atoms with Gasteiger partial charge in [-0.3, -0.25) is 9.59 Å². The van der Waals surface area contributed by atoms with Crippen molar-refractivity contribution in [1.82, 2.24) is 5.32 Å². The van der Waals surface area contributed by atoms with Crippen LogP contribution in [0.4, 0.5) is 5.00 Å². The fraction of sp³-hybridized carbons (Fsp3) is 0.312. The van der Waals surface area contributed by atoms with E-state index in [9.17, 15) is 14.4 Å². The normalized spacial score (nSPS) is 17.2. The Morgan fingerprint density at radius 1 is 1.46 bits per heavy atom. The summed E-state index contributed by atoms with van der Waals surface area (Å²) in [6.07, 6.45) is 1.83. The number of esters is 1. The van der Waals surface area contributed by atoms with Gasteiger partial charge in [0.25, 0.3) is 5.91 Å². The zero-order valence-electron chi connectivity index (χ0n) is 13.2. The molecule has 126 valence electrons. The Labute approximate surface area is 142 Å². The number of amides is 2. The van der Waals surface area contributed by atoms with Crippen molar-refractivity contribution in [2.75, 3.05) is 18.6 Å². The van der Waals surface area contributed by atoms with Gasteiger partial charge in [-0.2, -0.15) is 0 Å². The summed E-state index contributed by atoms with van der Waals surface area (Å²) in [4.78, 5) is 38.0. The summed E-state index contributed by atoms with van der Waals surface area (Å²) < 4.78 is 9.84. The number of carbonyl (C=O) groups is 3. The summed E-state index contributed by atoms with van der Waals surface area (Å²) in [5.41, 5.74) is 0.735. The Morgan fingerprint density at radius 2 is 2.25 bits per heavy atom. The molecule has 1 atom stereocenters. The fourth-order valence-electron chi connectivity index (χ4n) is 2.60. The van der Waals surface area contributed by atoms with Crippen LogP contribution < -0.4 is 10.2 Å². The molecule has 0 aromatic carbocycles. The SMILES string of the molecule is COC(=O)c1ccsc1N1CCC(NC(=O)c2coc(C)c2)C1=O. The van der Waals surface area contributed by atoms with E-state index in [1.165, 1.54) is 29.6 Å². The maximum atomic E-state index is 12.6. The van der Waals surface area contributed by atoms with Crippen molar-refractivity contribution >= 4 is 34.1 Å². The third kappa shape index (κ3) is 2.92. The summed E-state index contributed by atoms with van der Waals surface area (Å²) in [5, 5.41) is 4.99. The van der Waals surface area contributed by atoms with Crippen LogP contribution in [0.3, 0.4) is 0 Å². The van der Waals surface area contributed by atoms with E-state index in [0.29, 0.717) is 34.9 Å². The molecule has 1 aliphatic heterocycles. The van der Waals surface area contributed by atoms with Gasteiger partial charge in [0, 0.05) is 6.54 Å².